The predicted octanol–water partition coefficient (Wildman–Crippen LogP) is 2.20. The molecule has 0 amide bonds. The van der Waals surface area contributed by atoms with Crippen LogP contribution in [-0.2, 0) is 10.0 Å². The molecule has 0 unspecified atom stereocenters. The summed E-state index contributed by atoms with van der Waals surface area (Å²) < 4.78 is 27.1. The van der Waals surface area contributed by atoms with Gasteiger partial charge in [-0.3, -0.25) is 0 Å². The Morgan fingerprint density at radius 2 is 2.29 bits per heavy atom. The van der Waals surface area contributed by atoms with Crippen molar-refractivity contribution in [2.24, 2.45) is 5.92 Å². The average molecular weight is 296 g/mol. The second kappa shape index (κ2) is 3.92. The molecule has 78 valence electrons. The molecule has 3 nitrogen and oxygen atoms in total. The lowest BCUT2D eigenvalue weighted by Gasteiger charge is -2.03. The molecule has 1 aromatic heterocycles. The molecule has 0 spiro atoms. The molecule has 1 fully saturated rings. The minimum atomic E-state index is -3.28. The van der Waals surface area contributed by atoms with E-state index < -0.39 is 10.0 Å². The standard InChI is InChI=1S/C8H10BrNO2S2/c9-7-3-4-13-8(7)14(11,12)10-5-6-1-2-6/h3-4,6,10H,1-2,5H2. The van der Waals surface area contributed by atoms with Crippen LogP contribution in [0.1, 0.15) is 12.8 Å². The van der Waals surface area contributed by atoms with E-state index in [-0.39, 0.29) is 0 Å². The number of nitrogens with one attached hydrogen (secondary N) is 1. The molecule has 0 bridgehead atoms. The maximum Gasteiger partial charge on any atom is 0.251 e. The van der Waals surface area contributed by atoms with E-state index in [0.29, 0.717) is 21.1 Å². The maximum absolute atomic E-state index is 11.7. The molecule has 1 aliphatic carbocycles. The molecule has 0 atom stereocenters. The number of hydrogen-bond donors (Lipinski definition) is 1. The fourth-order valence-corrected chi connectivity index (χ4v) is 4.58. The second-order valence-electron chi connectivity index (χ2n) is 3.35. The van der Waals surface area contributed by atoms with E-state index in [1.807, 2.05) is 0 Å². The van der Waals surface area contributed by atoms with Gasteiger partial charge in [0.05, 0.1) is 0 Å². The fraction of sp³-hybridized carbons (Fsp3) is 0.500. The van der Waals surface area contributed by atoms with Gasteiger partial charge >= 0.3 is 0 Å². The van der Waals surface area contributed by atoms with Gasteiger partial charge in [0, 0.05) is 11.0 Å². The molecule has 0 radical (unpaired) electrons. The van der Waals surface area contributed by atoms with Crippen LogP contribution in [-0.4, -0.2) is 15.0 Å². The lowest BCUT2D eigenvalue weighted by Crippen LogP contribution is -2.25. The van der Waals surface area contributed by atoms with Crippen LogP contribution in [0.5, 0.6) is 0 Å². The molecule has 14 heavy (non-hydrogen) atoms. The SMILES string of the molecule is O=S(=O)(NCC1CC1)c1sccc1Br. The van der Waals surface area contributed by atoms with E-state index >= 15 is 0 Å². The van der Waals surface area contributed by atoms with E-state index in [4.69, 9.17) is 0 Å². The first-order valence-electron chi connectivity index (χ1n) is 4.32. The summed E-state index contributed by atoms with van der Waals surface area (Å²) in [5.74, 6) is 0.559. The monoisotopic (exact) mass is 295 g/mol. The van der Waals surface area contributed by atoms with E-state index in [0.717, 1.165) is 12.8 Å². The number of thiophene rings is 1. The molecule has 1 N–H and O–H groups in total. The summed E-state index contributed by atoms with van der Waals surface area (Å²) >= 11 is 4.45. The van der Waals surface area contributed by atoms with Crippen LogP contribution in [0.3, 0.4) is 0 Å². The molecule has 0 saturated heterocycles. The molecule has 6 heteroatoms. The average Bonchev–Trinajstić information content (AvgIpc) is 2.85. The van der Waals surface area contributed by atoms with Gasteiger partial charge in [0.1, 0.15) is 4.21 Å². The molecule has 1 aliphatic rings. The third-order valence-electron chi connectivity index (χ3n) is 2.09. The van der Waals surface area contributed by atoms with Crippen molar-refractivity contribution in [1.82, 2.24) is 4.72 Å². The zero-order valence-corrected chi connectivity index (χ0v) is 10.6. The minimum Gasteiger partial charge on any atom is -0.210 e. The quantitative estimate of drug-likeness (QED) is 0.926. The van der Waals surface area contributed by atoms with Gasteiger partial charge in [0.15, 0.2) is 0 Å². The number of hydrogen-bond acceptors (Lipinski definition) is 3. The van der Waals surface area contributed by atoms with Crippen LogP contribution in [0.25, 0.3) is 0 Å². The third kappa shape index (κ3) is 2.36. The van der Waals surface area contributed by atoms with E-state index in [1.165, 1.54) is 11.3 Å². The Morgan fingerprint density at radius 3 is 2.79 bits per heavy atom. The number of rotatable bonds is 4. The summed E-state index contributed by atoms with van der Waals surface area (Å²) in [6.45, 7) is 0.576. The van der Waals surface area contributed by atoms with Crippen molar-refractivity contribution in [3.63, 3.8) is 0 Å². The zero-order valence-electron chi connectivity index (χ0n) is 7.36. The molecule has 2 rings (SSSR count). The first-order chi connectivity index (χ1) is 6.59. The van der Waals surface area contributed by atoms with Gasteiger partial charge in [-0.2, -0.15) is 0 Å². The molecule has 1 heterocycles. The lowest BCUT2D eigenvalue weighted by molar-refractivity contribution is 0.579. The van der Waals surface area contributed by atoms with Gasteiger partial charge in [-0.25, -0.2) is 13.1 Å². The number of halogens is 1. The molecule has 0 aliphatic heterocycles. The van der Waals surface area contributed by atoms with Crippen molar-refractivity contribution in [3.05, 3.63) is 15.9 Å². The van der Waals surface area contributed by atoms with Gasteiger partial charge in [-0.05, 0) is 46.1 Å². The Kier molecular flexibility index (Phi) is 2.97. The summed E-state index contributed by atoms with van der Waals surface area (Å²) in [7, 11) is -3.28. The van der Waals surface area contributed by atoms with Crippen LogP contribution in [0.4, 0.5) is 0 Å². The van der Waals surface area contributed by atoms with Gasteiger partial charge in [-0.15, -0.1) is 11.3 Å². The summed E-state index contributed by atoms with van der Waals surface area (Å²) in [6, 6.07) is 1.75. The van der Waals surface area contributed by atoms with Crippen molar-refractivity contribution in [3.8, 4) is 0 Å². The Bertz CT molecular complexity index is 422. The van der Waals surface area contributed by atoms with E-state index in [2.05, 4.69) is 20.7 Å². The van der Waals surface area contributed by atoms with E-state index in [1.54, 1.807) is 11.4 Å². The highest BCUT2D eigenvalue weighted by Crippen LogP contribution is 2.30. The topological polar surface area (TPSA) is 46.2 Å². The van der Waals surface area contributed by atoms with Crippen molar-refractivity contribution in [1.29, 1.82) is 0 Å². The van der Waals surface area contributed by atoms with Gasteiger partial charge in [-0.1, -0.05) is 0 Å². The van der Waals surface area contributed by atoms with Crippen LogP contribution < -0.4 is 4.72 Å². The molecule has 0 aromatic carbocycles. The van der Waals surface area contributed by atoms with Crippen LogP contribution in [0, 0.1) is 5.92 Å². The molecule has 1 aromatic rings. The first kappa shape index (κ1) is 10.6. The van der Waals surface area contributed by atoms with Gasteiger partial charge in [0.25, 0.3) is 10.0 Å². The largest absolute Gasteiger partial charge is 0.251 e. The Labute approximate surface area is 95.7 Å². The Morgan fingerprint density at radius 1 is 1.57 bits per heavy atom. The highest BCUT2D eigenvalue weighted by atomic mass is 79.9. The van der Waals surface area contributed by atoms with Crippen molar-refractivity contribution >= 4 is 37.3 Å². The van der Waals surface area contributed by atoms with Crippen LogP contribution >= 0.6 is 27.3 Å². The molecule has 1 saturated carbocycles. The summed E-state index contributed by atoms with van der Waals surface area (Å²) in [5.41, 5.74) is 0. The fourth-order valence-electron chi connectivity index (χ4n) is 1.09. The minimum absolute atomic E-state index is 0.373. The van der Waals surface area contributed by atoms with Crippen LogP contribution in [0.15, 0.2) is 20.1 Å². The van der Waals surface area contributed by atoms with Crippen molar-refractivity contribution < 1.29 is 8.42 Å². The number of sulfonamides is 1. The Balaban J connectivity index is 2.10. The maximum atomic E-state index is 11.7. The second-order valence-corrected chi connectivity index (χ2v) is 7.08. The normalized spacial score (nSPS) is 17.2. The zero-order chi connectivity index (χ0) is 10.2. The highest BCUT2D eigenvalue weighted by Gasteiger charge is 2.25. The van der Waals surface area contributed by atoms with Crippen LogP contribution in [0.2, 0.25) is 0 Å². The predicted molar refractivity (Wildman–Crippen MR) is 59.9 cm³/mol. The van der Waals surface area contributed by atoms with Crippen molar-refractivity contribution in [2.45, 2.75) is 17.1 Å². The summed E-state index contributed by atoms with van der Waals surface area (Å²) in [4.78, 5) is 0. The smallest absolute Gasteiger partial charge is 0.210 e. The van der Waals surface area contributed by atoms with Gasteiger partial charge in [0.2, 0.25) is 0 Å². The lowest BCUT2D eigenvalue weighted by atomic mass is 10.4. The summed E-state index contributed by atoms with van der Waals surface area (Å²) in [5, 5.41) is 1.76. The highest BCUT2D eigenvalue weighted by molar-refractivity contribution is 9.10. The first-order valence-corrected chi connectivity index (χ1v) is 7.48. The Hall–Kier alpha value is 0.0900. The third-order valence-corrected chi connectivity index (χ3v) is 6.18. The van der Waals surface area contributed by atoms with Crippen molar-refractivity contribution in [2.75, 3.05) is 6.54 Å². The van der Waals surface area contributed by atoms with E-state index in [9.17, 15) is 8.42 Å². The molecular weight excluding hydrogens is 286 g/mol. The van der Waals surface area contributed by atoms with Gasteiger partial charge < -0.3 is 0 Å². The summed E-state index contributed by atoms with van der Waals surface area (Å²) in [6.07, 6.45) is 2.29. The molecular formula is C8H10BrNO2S2.